The normalized spacial score (nSPS) is 11.0. The zero-order valence-corrected chi connectivity index (χ0v) is 16.2. The Morgan fingerprint density at radius 1 is 1.14 bits per heavy atom. The van der Waals surface area contributed by atoms with E-state index < -0.39 is 0 Å². The Morgan fingerprint density at radius 3 is 2.72 bits per heavy atom. The number of hydrogen-bond acceptors (Lipinski definition) is 5. The molecule has 29 heavy (non-hydrogen) atoms. The molecule has 146 valence electrons. The highest BCUT2D eigenvalue weighted by Crippen LogP contribution is 2.26. The molecule has 0 fully saturated rings. The number of hydrogen-bond donors (Lipinski definition) is 0. The second kappa shape index (κ2) is 7.71. The number of fused-ring (bicyclic) bond motifs is 1. The average molecular weight is 388 g/mol. The Labute approximate surface area is 167 Å². The molecule has 0 N–H and O–H groups in total. The summed E-state index contributed by atoms with van der Waals surface area (Å²) in [6, 6.07) is 12.8. The van der Waals surface area contributed by atoms with Crippen molar-refractivity contribution in [3.05, 3.63) is 72.4 Å². The molecule has 0 saturated carbocycles. The van der Waals surface area contributed by atoms with Crippen molar-refractivity contribution >= 4 is 23.0 Å². The molecule has 1 amide bonds. The van der Waals surface area contributed by atoms with Gasteiger partial charge in [-0.3, -0.25) is 9.59 Å². The highest BCUT2D eigenvalue weighted by atomic mass is 16.3. The first-order chi connectivity index (χ1) is 14.1. The minimum Gasteiger partial charge on any atom is -0.461 e. The SMILES string of the molecule is CCC(=O)N(CC)c1cccc(-c2ccnc3c(C(=O)c4ccco4)cnn23)c1. The Kier molecular flexibility index (Phi) is 4.95. The first kappa shape index (κ1) is 18.6. The average Bonchev–Trinajstić information content (AvgIpc) is 3.44. The quantitative estimate of drug-likeness (QED) is 0.467. The highest BCUT2D eigenvalue weighted by molar-refractivity contribution is 6.10. The van der Waals surface area contributed by atoms with Gasteiger partial charge in [-0.1, -0.05) is 19.1 Å². The van der Waals surface area contributed by atoms with Crippen LogP contribution in [0.5, 0.6) is 0 Å². The number of aromatic nitrogens is 3. The summed E-state index contributed by atoms with van der Waals surface area (Å²) in [5.74, 6) is 0.0369. The number of benzene rings is 1. The fourth-order valence-electron chi connectivity index (χ4n) is 3.34. The first-order valence-electron chi connectivity index (χ1n) is 9.45. The summed E-state index contributed by atoms with van der Waals surface area (Å²) in [6.07, 6.45) is 5.04. The van der Waals surface area contributed by atoms with Crippen molar-refractivity contribution in [2.24, 2.45) is 0 Å². The number of nitrogens with zero attached hydrogens (tertiary/aromatic N) is 4. The van der Waals surface area contributed by atoms with Crippen molar-refractivity contribution in [1.29, 1.82) is 0 Å². The Balaban J connectivity index is 1.79. The molecule has 1 aromatic carbocycles. The molecule has 3 heterocycles. The van der Waals surface area contributed by atoms with E-state index in [9.17, 15) is 9.59 Å². The van der Waals surface area contributed by atoms with Crippen LogP contribution >= 0.6 is 0 Å². The van der Waals surface area contributed by atoms with Gasteiger partial charge in [0.2, 0.25) is 11.7 Å². The van der Waals surface area contributed by atoms with Crippen LogP contribution in [-0.4, -0.2) is 32.8 Å². The number of carbonyl (C=O) groups is 2. The van der Waals surface area contributed by atoms with Crippen LogP contribution in [0.3, 0.4) is 0 Å². The first-order valence-corrected chi connectivity index (χ1v) is 9.45. The van der Waals surface area contributed by atoms with Crippen LogP contribution in [0.4, 0.5) is 5.69 Å². The van der Waals surface area contributed by atoms with Crippen LogP contribution in [0.25, 0.3) is 16.9 Å². The summed E-state index contributed by atoms with van der Waals surface area (Å²) < 4.78 is 6.85. The van der Waals surface area contributed by atoms with Crippen LogP contribution in [-0.2, 0) is 4.79 Å². The van der Waals surface area contributed by atoms with Crippen LogP contribution in [0, 0.1) is 0 Å². The Morgan fingerprint density at radius 2 is 2.00 bits per heavy atom. The van der Waals surface area contributed by atoms with Crippen molar-refractivity contribution in [3.63, 3.8) is 0 Å². The predicted molar refractivity (Wildman–Crippen MR) is 109 cm³/mol. The van der Waals surface area contributed by atoms with E-state index in [4.69, 9.17) is 4.42 Å². The van der Waals surface area contributed by atoms with Crippen molar-refractivity contribution in [2.75, 3.05) is 11.4 Å². The lowest BCUT2D eigenvalue weighted by Crippen LogP contribution is -2.29. The van der Waals surface area contributed by atoms with Crippen LogP contribution in [0.15, 0.2) is 65.5 Å². The maximum Gasteiger partial charge on any atom is 0.233 e. The maximum absolute atomic E-state index is 12.7. The molecule has 3 aromatic heterocycles. The van der Waals surface area contributed by atoms with Gasteiger partial charge in [0.05, 0.1) is 23.7 Å². The lowest BCUT2D eigenvalue weighted by molar-refractivity contribution is -0.118. The predicted octanol–water partition coefficient (Wildman–Crippen LogP) is 3.98. The minimum atomic E-state index is -0.269. The topological polar surface area (TPSA) is 80.7 Å². The molecule has 0 saturated heterocycles. The van der Waals surface area contributed by atoms with Gasteiger partial charge in [-0.2, -0.15) is 5.10 Å². The fraction of sp³-hybridized carbons (Fsp3) is 0.182. The maximum atomic E-state index is 12.7. The minimum absolute atomic E-state index is 0.0648. The number of amides is 1. The number of anilines is 1. The number of furan rings is 1. The van der Waals surface area contributed by atoms with Gasteiger partial charge in [-0.05, 0) is 37.3 Å². The van der Waals surface area contributed by atoms with Gasteiger partial charge in [0.1, 0.15) is 0 Å². The molecule has 0 aliphatic heterocycles. The zero-order valence-electron chi connectivity index (χ0n) is 16.2. The second-order valence-electron chi connectivity index (χ2n) is 6.47. The second-order valence-corrected chi connectivity index (χ2v) is 6.47. The van der Waals surface area contributed by atoms with Crippen LogP contribution < -0.4 is 4.90 Å². The van der Waals surface area contributed by atoms with Crippen molar-refractivity contribution in [3.8, 4) is 11.3 Å². The van der Waals surface area contributed by atoms with Crippen LogP contribution in [0.1, 0.15) is 36.4 Å². The fourth-order valence-corrected chi connectivity index (χ4v) is 3.34. The molecule has 0 bridgehead atoms. The molecular weight excluding hydrogens is 368 g/mol. The van der Waals surface area contributed by atoms with Gasteiger partial charge in [0.25, 0.3) is 0 Å². The lowest BCUT2D eigenvalue weighted by atomic mass is 10.1. The van der Waals surface area contributed by atoms with Crippen molar-refractivity contribution in [1.82, 2.24) is 14.6 Å². The summed E-state index contributed by atoms with van der Waals surface area (Å²) in [5.41, 5.74) is 3.29. The smallest absolute Gasteiger partial charge is 0.233 e. The number of ketones is 1. The van der Waals surface area contributed by atoms with Crippen LogP contribution in [0.2, 0.25) is 0 Å². The third-order valence-electron chi connectivity index (χ3n) is 4.76. The van der Waals surface area contributed by atoms with Gasteiger partial charge in [-0.25, -0.2) is 9.50 Å². The van der Waals surface area contributed by atoms with Crippen molar-refractivity contribution < 1.29 is 14.0 Å². The van der Waals surface area contributed by atoms with E-state index in [2.05, 4.69) is 10.1 Å². The summed E-state index contributed by atoms with van der Waals surface area (Å²) in [5, 5.41) is 4.38. The van der Waals surface area contributed by atoms with E-state index in [1.54, 1.807) is 27.7 Å². The molecule has 4 aromatic rings. The van der Waals surface area contributed by atoms with E-state index in [1.165, 1.54) is 12.5 Å². The van der Waals surface area contributed by atoms with E-state index >= 15 is 0 Å². The molecule has 0 radical (unpaired) electrons. The molecule has 7 heteroatoms. The molecule has 0 atom stereocenters. The third kappa shape index (κ3) is 3.31. The molecule has 7 nitrogen and oxygen atoms in total. The Bertz CT molecular complexity index is 1180. The van der Waals surface area contributed by atoms with E-state index in [0.29, 0.717) is 24.2 Å². The van der Waals surface area contributed by atoms with Gasteiger partial charge in [-0.15, -0.1) is 0 Å². The third-order valence-corrected chi connectivity index (χ3v) is 4.76. The zero-order chi connectivity index (χ0) is 20.4. The molecule has 0 aliphatic rings. The molecule has 0 spiro atoms. The van der Waals surface area contributed by atoms with E-state index in [-0.39, 0.29) is 17.5 Å². The summed E-state index contributed by atoms with van der Waals surface area (Å²) in [4.78, 5) is 31.0. The summed E-state index contributed by atoms with van der Waals surface area (Å²) >= 11 is 0. The standard InChI is InChI=1S/C22H20N4O3/c1-3-20(27)25(4-2)16-8-5-7-15(13-16)18-10-11-23-22-17(14-24-26(18)22)21(28)19-9-6-12-29-19/h5-14H,3-4H2,1-2H3. The molecule has 4 rings (SSSR count). The lowest BCUT2D eigenvalue weighted by Gasteiger charge is -2.21. The van der Waals surface area contributed by atoms with Crippen molar-refractivity contribution in [2.45, 2.75) is 20.3 Å². The molecule has 0 aliphatic carbocycles. The van der Waals surface area contributed by atoms with E-state index in [0.717, 1.165) is 16.9 Å². The number of rotatable bonds is 6. The van der Waals surface area contributed by atoms with Gasteiger partial charge in [0, 0.05) is 30.4 Å². The monoisotopic (exact) mass is 388 g/mol. The summed E-state index contributed by atoms with van der Waals surface area (Å²) in [6.45, 7) is 4.39. The molecule has 0 unspecified atom stereocenters. The van der Waals surface area contributed by atoms with Gasteiger partial charge < -0.3 is 9.32 Å². The number of carbonyl (C=O) groups excluding carboxylic acids is 2. The Hall–Kier alpha value is -3.74. The molecular formula is C22H20N4O3. The van der Waals surface area contributed by atoms with Gasteiger partial charge in [0.15, 0.2) is 11.4 Å². The largest absolute Gasteiger partial charge is 0.461 e. The van der Waals surface area contributed by atoms with E-state index in [1.807, 2.05) is 44.2 Å². The highest BCUT2D eigenvalue weighted by Gasteiger charge is 2.20. The van der Waals surface area contributed by atoms with Gasteiger partial charge >= 0.3 is 0 Å². The summed E-state index contributed by atoms with van der Waals surface area (Å²) in [7, 11) is 0.